The molecule has 0 atom stereocenters. The molecule has 0 spiro atoms. The second kappa shape index (κ2) is 4.79. The SMILES string of the molecule is O=CCN1C(=O)SC(=C2CCC(F)(F)CC2)C1=O. The van der Waals surface area contributed by atoms with Crippen LogP contribution >= 0.6 is 11.8 Å². The third-order valence-corrected chi connectivity index (χ3v) is 4.07. The zero-order chi connectivity index (χ0) is 13.3. The molecule has 1 heterocycles. The number of carbonyl (C=O) groups is 3. The Balaban J connectivity index is 2.17. The van der Waals surface area contributed by atoms with Crippen molar-refractivity contribution in [2.24, 2.45) is 0 Å². The number of hydrogen-bond donors (Lipinski definition) is 0. The predicted octanol–water partition coefficient (Wildman–Crippen LogP) is 2.34. The second-order valence-corrected chi connectivity index (χ2v) is 5.20. The van der Waals surface area contributed by atoms with Crippen LogP contribution in [0.25, 0.3) is 0 Å². The monoisotopic (exact) mass is 275 g/mol. The number of halogens is 2. The Labute approximate surface area is 106 Å². The molecule has 0 bridgehead atoms. The summed E-state index contributed by atoms with van der Waals surface area (Å²) in [5.74, 6) is -3.21. The summed E-state index contributed by atoms with van der Waals surface area (Å²) in [6.07, 6.45) is 0.147. The van der Waals surface area contributed by atoms with E-state index in [1.165, 1.54) is 0 Å². The molecule has 0 aromatic heterocycles. The van der Waals surface area contributed by atoms with E-state index in [0.717, 1.165) is 16.7 Å². The fourth-order valence-electron chi connectivity index (χ4n) is 1.99. The Morgan fingerprint density at radius 3 is 2.44 bits per heavy atom. The molecule has 0 aromatic carbocycles. The molecule has 0 N–H and O–H groups in total. The van der Waals surface area contributed by atoms with Gasteiger partial charge in [0.2, 0.25) is 5.92 Å². The van der Waals surface area contributed by atoms with E-state index < -0.39 is 17.1 Å². The van der Waals surface area contributed by atoms with Gasteiger partial charge < -0.3 is 4.79 Å². The average Bonchev–Trinajstić information content (AvgIpc) is 2.58. The summed E-state index contributed by atoms with van der Waals surface area (Å²) in [4.78, 5) is 34.8. The molecule has 1 saturated carbocycles. The Kier molecular flexibility index (Phi) is 3.52. The van der Waals surface area contributed by atoms with Gasteiger partial charge in [0.1, 0.15) is 6.29 Å². The number of hydrogen-bond acceptors (Lipinski definition) is 4. The van der Waals surface area contributed by atoms with Gasteiger partial charge in [-0.2, -0.15) is 0 Å². The highest BCUT2D eigenvalue weighted by atomic mass is 32.2. The Hall–Kier alpha value is -1.24. The number of imide groups is 1. The second-order valence-electron chi connectivity index (χ2n) is 4.24. The van der Waals surface area contributed by atoms with E-state index in [9.17, 15) is 23.2 Å². The summed E-state index contributed by atoms with van der Waals surface area (Å²) >= 11 is 0.742. The van der Waals surface area contributed by atoms with Gasteiger partial charge in [-0.15, -0.1) is 0 Å². The van der Waals surface area contributed by atoms with Gasteiger partial charge in [0, 0.05) is 12.8 Å². The lowest BCUT2D eigenvalue weighted by Gasteiger charge is -2.24. The van der Waals surface area contributed by atoms with Crippen molar-refractivity contribution in [3.63, 3.8) is 0 Å². The molecule has 0 radical (unpaired) electrons. The number of aldehydes is 1. The van der Waals surface area contributed by atoms with Crippen molar-refractivity contribution in [2.45, 2.75) is 31.6 Å². The molecule has 1 saturated heterocycles. The number of amides is 2. The molecular formula is C11H11F2NO3S. The molecule has 4 nitrogen and oxygen atoms in total. The van der Waals surface area contributed by atoms with Gasteiger partial charge in [0.25, 0.3) is 11.1 Å². The minimum Gasteiger partial charge on any atom is -0.301 e. The smallest absolute Gasteiger partial charge is 0.293 e. The fraction of sp³-hybridized carbons (Fsp3) is 0.545. The maximum Gasteiger partial charge on any atom is 0.293 e. The van der Waals surface area contributed by atoms with Gasteiger partial charge in [-0.3, -0.25) is 14.5 Å². The summed E-state index contributed by atoms with van der Waals surface area (Å²) in [6.45, 7) is -0.280. The standard InChI is InChI=1S/C11H11F2NO3S/c12-11(13)3-1-7(2-4-11)8-9(16)14(5-6-15)10(17)18-8/h6H,1-5H2. The molecule has 7 heteroatoms. The van der Waals surface area contributed by atoms with Gasteiger partial charge in [0.05, 0.1) is 11.4 Å². The fourth-order valence-corrected chi connectivity index (χ4v) is 2.98. The molecule has 2 rings (SSSR count). The number of alkyl halides is 2. The lowest BCUT2D eigenvalue weighted by atomic mass is 9.91. The average molecular weight is 275 g/mol. The largest absolute Gasteiger partial charge is 0.301 e. The van der Waals surface area contributed by atoms with Crippen LogP contribution in [0.4, 0.5) is 13.6 Å². The molecule has 2 fully saturated rings. The summed E-state index contributed by atoms with van der Waals surface area (Å²) in [5, 5.41) is -0.507. The molecule has 0 aromatic rings. The predicted molar refractivity (Wildman–Crippen MR) is 61.2 cm³/mol. The maximum atomic E-state index is 13.0. The molecule has 2 aliphatic rings. The number of rotatable bonds is 2. The summed E-state index contributed by atoms with van der Waals surface area (Å²) in [5.41, 5.74) is 0.609. The summed E-state index contributed by atoms with van der Waals surface area (Å²) in [7, 11) is 0. The van der Waals surface area contributed by atoms with E-state index in [0.29, 0.717) is 11.9 Å². The Bertz CT molecular complexity index is 436. The van der Waals surface area contributed by atoms with Gasteiger partial charge in [-0.05, 0) is 24.6 Å². The van der Waals surface area contributed by atoms with Crippen LogP contribution in [0.5, 0.6) is 0 Å². The van der Waals surface area contributed by atoms with Gasteiger partial charge in [0.15, 0.2) is 0 Å². The minimum absolute atomic E-state index is 0.128. The number of allylic oxidation sites excluding steroid dienone is 1. The molecule has 18 heavy (non-hydrogen) atoms. The first-order valence-corrected chi connectivity index (χ1v) is 6.33. The van der Waals surface area contributed by atoms with Crippen LogP contribution in [0, 0.1) is 0 Å². The van der Waals surface area contributed by atoms with Gasteiger partial charge in [-0.25, -0.2) is 8.78 Å². The quantitative estimate of drug-likeness (QED) is 0.573. The molecule has 1 aliphatic carbocycles. The third-order valence-electron chi connectivity index (χ3n) is 3.01. The van der Waals surface area contributed by atoms with E-state index in [4.69, 9.17) is 0 Å². The van der Waals surface area contributed by atoms with Crippen molar-refractivity contribution in [1.29, 1.82) is 0 Å². The van der Waals surface area contributed by atoms with Crippen LogP contribution < -0.4 is 0 Å². The molecule has 98 valence electrons. The third kappa shape index (κ3) is 2.45. The highest BCUT2D eigenvalue weighted by Crippen LogP contribution is 2.42. The molecular weight excluding hydrogens is 264 g/mol. The minimum atomic E-state index is -2.68. The van der Waals surface area contributed by atoms with Crippen LogP contribution in [-0.2, 0) is 9.59 Å². The van der Waals surface area contributed by atoms with Crippen molar-refractivity contribution in [2.75, 3.05) is 6.54 Å². The van der Waals surface area contributed by atoms with Crippen molar-refractivity contribution < 1.29 is 23.2 Å². The van der Waals surface area contributed by atoms with Crippen molar-refractivity contribution in [3.05, 3.63) is 10.5 Å². The lowest BCUT2D eigenvalue weighted by Crippen LogP contribution is -2.30. The summed E-state index contributed by atoms with van der Waals surface area (Å²) in [6, 6.07) is 0. The van der Waals surface area contributed by atoms with Crippen molar-refractivity contribution in [1.82, 2.24) is 4.90 Å². The first-order valence-electron chi connectivity index (χ1n) is 5.52. The highest BCUT2D eigenvalue weighted by Gasteiger charge is 2.40. The van der Waals surface area contributed by atoms with Crippen LogP contribution in [0.2, 0.25) is 0 Å². The van der Waals surface area contributed by atoms with Crippen LogP contribution in [0.3, 0.4) is 0 Å². The van der Waals surface area contributed by atoms with Gasteiger partial charge in [-0.1, -0.05) is 5.57 Å². The number of carbonyl (C=O) groups excluding carboxylic acids is 3. The van der Waals surface area contributed by atoms with E-state index in [2.05, 4.69) is 0 Å². The highest BCUT2D eigenvalue weighted by molar-refractivity contribution is 8.18. The lowest BCUT2D eigenvalue weighted by molar-refractivity contribution is -0.125. The van der Waals surface area contributed by atoms with E-state index in [-0.39, 0.29) is 37.1 Å². The first-order chi connectivity index (χ1) is 8.44. The Morgan fingerprint density at radius 1 is 1.28 bits per heavy atom. The molecule has 1 aliphatic heterocycles. The molecule has 0 unspecified atom stereocenters. The normalized spacial score (nSPS) is 23.8. The Morgan fingerprint density at radius 2 is 1.89 bits per heavy atom. The zero-order valence-electron chi connectivity index (χ0n) is 9.45. The number of thioether (sulfide) groups is 1. The van der Waals surface area contributed by atoms with Crippen LogP contribution in [0.1, 0.15) is 25.7 Å². The van der Waals surface area contributed by atoms with Crippen LogP contribution in [-0.4, -0.2) is 34.8 Å². The maximum absolute atomic E-state index is 13.0. The van der Waals surface area contributed by atoms with Crippen molar-refractivity contribution in [3.8, 4) is 0 Å². The first kappa shape index (κ1) is 13.2. The number of nitrogens with zero attached hydrogens (tertiary/aromatic N) is 1. The van der Waals surface area contributed by atoms with E-state index in [1.54, 1.807) is 0 Å². The van der Waals surface area contributed by atoms with E-state index >= 15 is 0 Å². The van der Waals surface area contributed by atoms with Crippen LogP contribution in [0.15, 0.2) is 10.5 Å². The van der Waals surface area contributed by atoms with Gasteiger partial charge >= 0.3 is 0 Å². The van der Waals surface area contributed by atoms with E-state index in [1.807, 2.05) is 0 Å². The molecule has 2 amide bonds. The zero-order valence-corrected chi connectivity index (χ0v) is 10.3. The van der Waals surface area contributed by atoms with Crippen molar-refractivity contribution >= 4 is 29.2 Å². The summed E-state index contributed by atoms with van der Waals surface area (Å²) < 4.78 is 26.0. The topological polar surface area (TPSA) is 54.5 Å².